The Balaban J connectivity index is 1.52. The number of halogens is 2. The lowest BCUT2D eigenvalue weighted by atomic mass is 10.0. The number of amides is 1. The van der Waals surface area contributed by atoms with Crippen molar-refractivity contribution in [2.45, 2.75) is 6.54 Å². The Kier molecular flexibility index (Phi) is 4.93. The summed E-state index contributed by atoms with van der Waals surface area (Å²) in [5.41, 5.74) is 1.19. The first-order valence-corrected chi connectivity index (χ1v) is 10.3. The van der Waals surface area contributed by atoms with E-state index in [0.29, 0.717) is 17.2 Å². The molecule has 0 saturated heterocycles. The highest BCUT2D eigenvalue weighted by molar-refractivity contribution is 9.13. The molecule has 1 N–H and O–H groups in total. The highest BCUT2D eigenvalue weighted by atomic mass is 79.9. The molecule has 0 atom stereocenters. The van der Waals surface area contributed by atoms with Gasteiger partial charge in [-0.05, 0) is 54.3 Å². The van der Waals surface area contributed by atoms with Crippen molar-refractivity contribution in [2.24, 2.45) is 0 Å². The first-order valence-electron chi connectivity index (χ1n) is 7.86. The average molecular weight is 491 g/mol. The number of nitrogens with zero attached hydrogens (tertiary/aromatic N) is 2. The van der Waals surface area contributed by atoms with Gasteiger partial charge in [-0.2, -0.15) is 5.10 Å². The van der Waals surface area contributed by atoms with Crippen LogP contribution < -0.4 is 5.32 Å². The molecule has 2 aromatic carbocycles. The molecule has 26 heavy (non-hydrogen) atoms. The molecule has 0 aliphatic heterocycles. The van der Waals surface area contributed by atoms with Crippen molar-refractivity contribution in [1.82, 2.24) is 9.78 Å². The minimum Gasteiger partial charge on any atom is -0.304 e. The van der Waals surface area contributed by atoms with E-state index in [1.807, 2.05) is 23.0 Å². The molecule has 1 amide bonds. The maximum absolute atomic E-state index is 12.3. The van der Waals surface area contributed by atoms with Gasteiger partial charge >= 0.3 is 0 Å². The summed E-state index contributed by atoms with van der Waals surface area (Å²) in [6.07, 6.45) is 1.87. The fourth-order valence-electron chi connectivity index (χ4n) is 2.76. The molecule has 7 heteroatoms. The van der Waals surface area contributed by atoms with Gasteiger partial charge in [0.25, 0.3) is 5.91 Å². The van der Waals surface area contributed by atoms with Gasteiger partial charge in [-0.1, -0.05) is 42.5 Å². The predicted molar refractivity (Wildman–Crippen MR) is 113 cm³/mol. The molecule has 0 spiro atoms. The summed E-state index contributed by atoms with van der Waals surface area (Å²) in [6, 6.07) is 18.1. The standard InChI is InChI=1S/C19H13Br2N3OS/c20-15-10-16(26-18(15)21)19(25)22-17-8-9-24(23-17)11-13-6-3-5-12-4-1-2-7-14(12)13/h1-10H,11H2,(H,22,23,25). The van der Waals surface area contributed by atoms with Crippen LogP contribution in [0.5, 0.6) is 0 Å². The largest absolute Gasteiger partial charge is 0.304 e. The second-order valence-corrected chi connectivity index (χ2v) is 8.95. The summed E-state index contributed by atoms with van der Waals surface area (Å²) in [6.45, 7) is 0.646. The van der Waals surface area contributed by atoms with Gasteiger partial charge in [-0.25, -0.2) is 0 Å². The smallest absolute Gasteiger partial charge is 0.267 e. The average Bonchev–Trinajstić information content (AvgIpc) is 3.22. The molecule has 4 nitrogen and oxygen atoms in total. The Morgan fingerprint density at radius 1 is 1.12 bits per heavy atom. The maximum atomic E-state index is 12.3. The van der Waals surface area contributed by atoms with E-state index >= 15 is 0 Å². The van der Waals surface area contributed by atoms with Crippen molar-refractivity contribution in [2.75, 3.05) is 5.32 Å². The van der Waals surface area contributed by atoms with Gasteiger partial charge in [-0.3, -0.25) is 9.48 Å². The van der Waals surface area contributed by atoms with E-state index < -0.39 is 0 Å². The van der Waals surface area contributed by atoms with Gasteiger partial charge in [0, 0.05) is 16.7 Å². The van der Waals surface area contributed by atoms with Crippen LogP contribution in [0.25, 0.3) is 10.8 Å². The first-order chi connectivity index (χ1) is 12.6. The SMILES string of the molecule is O=C(Nc1ccn(Cc2cccc3ccccc23)n1)c1cc(Br)c(Br)s1. The lowest BCUT2D eigenvalue weighted by Crippen LogP contribution is -2.11. The number of aromatic nitrogens is 2. The van der Waals surface area contributed by atoms with Crippen LogP contribution in [0.2, 0.25) is 0 Å². The second kappa shape index (κ2) is 7.34. The van der Waals surface area contributed by atoms with Crippen molar-refractivity contribution < 1.29 is 4.79 Å². The van der Waals surface area contributed by atoms with Crippen molar-refractivity contribution >= 4 is 65.7 Å². The van der Waals surface area contributed by atoms with Crippen molar-refractivity contribution in [3.8, 4) is 0 Å². The fourth-order valence-corrected chi connectivity index (χ4v) is 4.69. The molecule has 2 heterocycles. The third-order valence-corrected chi connectivity index (χ3v) is 7.22. The minimum absolute atomic E-state index is 0.170. The Morgan fingerprint density at radius 2 is 1.92 bits per heavy atom. The van der Waals surface area contributed by atoms with Gasteiger partial charge in [0.05, 0.1) is 15.2 Å². The van der Waals surface area contributed by atoms with Crippen LogP contribution in [-0.4, -0.2) is 15.7 Å². The lowest BCUT2D eigenvalue weighted by Gasteiger charge is -2.06. The van der Waals surface area contributed by atoms with Crippen LogP contribution in [0, 0.1) is 0 Å². The number of benzene rings is 2. The van der Waals surface area contributed by atoms with Gasteiger partial charge in [0.2, 0.25) is 0 Å². The number of rotatable bonds is 4. The zero-order valence-electron chi connectivity index (χ0n) is 13.4. The number of carbonyl (C=O) groups excluding carboxylic acids is 1. The quantitative estimate of drug-likeness (QED) is 0.385. The van der Waals surface area contributed by atoms with E-state index in [1.165, 1.54) is 27.7 Å². The molecule has 4 rings (SSSR count). The molecular weight excluding hydrogens is 478 g/mol. The predicted octanol–water partition coefficient (Wildman–Crippen LogP) is 5.92. The second-order valence-electron chi connectivity index (χ2n) is 5.72. The van der Waals surface area contributed by atoms with Crippen LogP contribution in [0.4, 0.5) is 5.82 Å². The molecule has 0 fully saturated rings. The number of carbonyl (C=O) groups is 1. The molecular formula is C19H13Br2N3OS. The van der Waals surface area contributed by atoms with Gasteiger partial charge in [0.1, 0.15) is 0 Å². The number of hydrogen-bond acceptors (Lipinski definition) is 3. The van der Waals surface area contributed by atoms with E-state index in [1.54, 1.807) is 12.1 Å². The molecule has 0 radical (unpaired) electrons. The third-order valence-electron chi connectivity index (χ3n) is 3.96. The summed E-state index contributed by atoms with van der Waals surface area (Å²) >= 11 is 8.17. The third kappa shape index (κ3) is 3.60. The number of fused-ring (bicyclic) bond motifs is 1. The molecule has 2 aromatic heterocycles. The Labute approximate surface area is 171 Å². The Bertz CT molecular complexity index is 1080. The number of thiophene rings is 1. The molecule has 0 unspecified atom stereocenters. The normalized spacial score (nSPS) is 11.0. The van der Waals surface area contributed by atoms with E-state index in [2.05, 4.69) is 72.6 Å². The van der Waals surface area contributed by atoms with Crippen LogP contribution in [-0.2, 0) is 6.54 Å². The highest BCUT2D eigenvalue weighted by Gasteiger charge is 2.13. The number of hydrogen-bond donors (Lipinski definition) is 1. The molecule has 0 aliphatic rings. The molecule has 130 valence electrons. The summed E-state index contributed by atoms with van der Waals surface area (Å²) in [4.78, 5) is 12.9. The van der Waals surface area contributed by atoms with E-state index in [4.69, 9.17) is 0 Å². The minimum atomic E-state index is -0.170. The Morgan fingerprint density at radius 3 is 2.73 bits per heavy atom. The Hall–Kier alpha value is -1.96. The zero-order valence-corrected chi connectivity index (χ0v) is 17.4. The molecule has 4 aromatic rings. The zero-order chi connectivity index (χ0) is 18.1. The summed E-state index contributed by atoms with van der Waals surface area (Å²) in [7, 11) is 0. The monoisotopic (exact) mass is 489 g/mol. The first kappa shape index (κ1) is 17.5. The van der Waals surface area contributed by atoms with Crippen LogP contribution >= 0.6 is 43.2 Å². The van der Waals surface area contributed by atoms with Crippen LogP contribution in [0.3, 0.4) is 0 Å². The summed E-state index contributed by atoms with van der Waals surface area (Å²) in [5, 5.41) is 9.73. The highest BCUT2D eigenvalue weighted by Crippen LogP contribution is 2.32. The summed E-state index contributed by atoms with van der Waals surface area (Å²) < 4.78 is 3.59. The van der Waals surface area contributed by atoms with Gasteiger partial charge in [-0.15, -0.1) is 11.3 Å². The number of anilines is 1. The molecule has 0 saturated carbocycles. The van der Waals surface area contributed by atoms with Crippen molar-refractivity contribution in [1.29, 1.82) is 0 Å². The number of nitrogens with one attached hydrogen (secondary N) is 1. The topological polar surface area (TPSA) is 46.9 Å². The lowest BCUT2D eigenvalue weighted by molar-refractivity contribution is 0.103. The van der Waals surface area contributed by atoms with E-state index in [-0.39, 0.29) is 5.91 Å². The van der Waals surface area contributed by atoms with E-state index in [0.717, 1.165) is 8.26 Å². The fraction of sp³-hybridized carbons (Fsp3) is 0.0526. The molecule has 0 bridgehead atoms. The van der Waals surface area contributed by atoms with Crippen LogP contribution in [0.15, 0.2) is 69.1 Å². The van der Waals surface area contributed by atoms with Gasteiger partial charge in [0.15, 0.2) is 5.82 Å². The van der Waals surface area contributed by atoms with Crippen molar-refractivity contribution in [3.63, 3.8) is 0 Å². The maximum Gasteiger partial charge on any atom is 0.267 e. The van der Waals surface area contributed by atoms with E-state index in [9.17, 15) is 4.79 Å². The van der Waals surface area contributed by atoms with Gasteiger partial charge < -0.3 is 5.32 Å². The molecule has 0 aliphatic carbocycles. The van der Waals surface area contributed by atoms with Crippen LogP contribution in [0.1, 0.15) is 15.2 Å². The van der Waals surface area contributed by atoms with Crippen molar-refractivity contribution in [3.05, 3.63) is 79.5 Å². The summed E-state index contributed by atoms with van der Waals surface area (Å²) in [5.74, 6) is 0.368.